The lowest BCUT2D eigenvalue weighted by molar-refractivity contribution is 0.00674. The number of hydrogen-bond acceptors (Lipinski definition) is 3. The monoisotopic (exact) mass is 241 g/mol. The Bertz CT molecular complexity index is 220. The maximum absolute atomic E-state index is 9.07. The van der Waals surface area contributed by atoms with E-state index in [-0.39, 0.29) is 6.61 Å². The van der Waals surface area contributed by atoms with Crippen molar-refractivity contribution in [3.63, 3.8) is 0 Å². The lowest BCUT2D eigenvalue weighted by atomic mass is 9.57. The van der Waals surface area contributed by atoms with Gasteiger partial charge in [0.2, 0.25) is 0 Å². The van der Waals surface area contributed by atoms with Gasteiger partial charge >= 0.3 is 0 Å². The number of hydrogen-bond donors (Lipinski definition) is 2. The van der Waals surface area contributed by atoms with Crippen LogP contribution in [0.25, 0.3) is 0 Å². The summed E-state index contributed by atoms with van der Waals surface area (Å²) in [5.74, 6) is 0. The van der Waals surface area contributed by atoms with Crippen LogP contribution in [0.4, 0.5) is 0 Å². The number of ether oxygens (including phenoxy) is 1. The highest BCUT2D eigenvalue weighted by molar-refractivity contribution is 5.02. The van der Waals surface area contributed by atoms with Gasteiger partial charge in [-0.3, -0.25) is 0 Å². The minimum atomic E-state index is 0.251. The van der Waals surface area contributed by atoms with Crippen molar-refractivity contribution >= 4 is 0 Å². The first-order chi connectivity index (χ1) is 8.30. The van der Waals surface area contributed by atoms with Gasteiger partial charge in [-0.15, -0.1) is 0 Å². The Balaban J connectivity index is 1.84. The van der Waals surface area contributed by atoms with Crippen molar-refractivity contribution < 1.29 is 9.84 Å². The molecule has 0 heterocycles. The zero-order chi connectivity index (χ0) is 12.1. The molecule has 0 radical (unpaired) electrons. The summed E-state index contributed by atoms with van der Waals surface area (Å²) in [4.78, 5) is 0. The Morgan fingerprint density at radius 2 is 2.06 bits per heavy atom. The van der Waals surface area contributed by atoms with Crippen LogP contribution in [0.5, 0.6) is 0 Å². The number of aliphatic hydroxyl groups is 1. The molecular weight excluding hydrogens is 214 g/mol. The molecule has 0 saturated heterocycles. The lowest BCUT2D eigenvalue weighted by Crippen LogP contribution is -2.57. The highest BCUT2D eigenvalue weighted by Crippen LogP contribution is 2.51. The second kappa shape index (κ2) is 6.17. The fourth-order valence-electron chi connectivity index (χ4n) is 3.67. The normalized spacial score (nSPS) is 28.9. The van der Waals surface area contributed by atoms with E-state index in [4.69, 9.17) is 9.84 Å². The summed E-state index contributed by atoms with van der Waals surface area (Å²) in [7, 11) is 1.74. The fourth-order valence-corrected chi connectivity index (χ4v) is 3.67. The second-order valence-electron chi connectivity index (χ2n) is 5.85. The predicted molar refractivity (Wildman–Crippen MR) is 69.0 cm³/mol. The van der Waals surface area contributed by atoms with Crippen LogP contribution >= 0.6 is 0 Å². The van der Waals surface area contributed by atoms with Crippen molar-refractivity contribution in [1.29, 1.82) is 0 Å². The molecule has 2 N–H and O–H groups in total. The van der Waals surface area contributed by atoms with Crippen LogP contribution in [0, 0.1) is 5.41 Å². The van der Waals surface area contributed by atoms with E-state index in [2.05, 4.69) is 5.32 Å². The van der Waals surface area contributed by atoms with Gasteiger partial charge in [0.15, 0.2) is 0 Å². The van der Waals surface area contributed by atoms with Crippen LogP contribution in [0.2, 0.25) is 0 Å². The zero-order valence-electron chi connectivity index (χ0n) is 11.1. The molecule has 2 atom stereocenters. The molecule has 1 spiro atoms. The molecule has 100 valence electrons. The average Bonchev–Trinajstić information content (AvgIpc) is 2.36. The molecule has 3 nitrogen and oxygen atoms in total. The van der Waals surface area contributed by atoms with E-state index in [0.29, 0.717) is 24.1 Å². The van der Waals surface area contributed by atoms with E-state index in [1.165, 1.54) is 44.9 Å². The minimum absolute atomic E-state index is 0.251. The zero-order valence-corrected chi connectivity index (χ0v) is 11.1. The van der Waals surface area contributed by atoms with E-state index in [1.807, 2.05) is 0 Å². The topological polar surface area (TPSA) is 41.5 Å². The third-order valence-corrected chi connectivity index (χ3v) is 4.80. The van der Waals surface area contributed by atoms with Gasteiger partial charge < -0.3 is 15.2 Å². The van der Waals surface area contributed by atoms with Crippen LogP contribution in [0.15, 0.2) is 0 Å². The molecule has 0 aromatic heterocycles. The molecule has 2 fully saturated rings. The Morgan fingerprint density at radius 1 is 1.29 bits per heavy atom. The van der Waals surface area contributed by atoms with E-state index < -0.39 is 0 Å². The summed E-state index contributed by atoms with van der Waals surface area (Å²) >= 11 is 0. The van der Waals surface area contributed by atoms with Gasteiger partial charge in [0.05, 0.1) is 6.61 Å². The number of aliphatic hydroxyl groups excluding tert-OH is 1. The van der Waals surface area contributed by atoms with E-state index >= 15 is 0 Å². The lowest BCUT2D eigenvalue weighted by Gasteiger charge is -2.53. The van der Waals surface area contributed by atoms with Gasteiger partial charge in [0.25, 0.3) is 0 Å². The largest absolute Gasteiger partial charge is 0.396 e. The maximum Gasteiger partial charge on any atom is 0.0616 e. The molecule has 0 aromatic carbocycles. The van der Waals surface area contributed by atoms with Crippen LogP contribution in [0.3, 0.4) is 0 Å². The standard InChI is InChI=1S/C14H27NO2/c1-17-11-12(6-10-16)15-13-5-9-14(13)7-3-2-4-8-14/h12-13,15-16H,2-11H2,1H3. The van der Waals surface area contributed by atoms with Crippen LogP contribution in [-0.2, 0) is 4.74 Å². The van der Waals surface area contributed by atoms with Gasteiger partial charge in [-0.2, -0.15) is 0 Å². The van der Waals surface area contributed by atoms with Crippen LogP contribution < -0.4 is 5.32 Å². The average molecular weight is 241 g/mol. The van der Waals surface area contributed by atoms with Gasteiger partial charge in [-0.25, -0.2) is 0 Å². The third kappa shape index (κ3) is 3.01. The smallest absolute Gasteiger partial charge is 0.0616 e. The van der Waals surface area contributed by atoms with Gasteiger partial charge in [0, 0.05) is 25.8 Å². The Labute approximate surface area is 105 Å². The number of methoxy groups -OCH3 is 1. The highest BCUT2D eigenvalue weighted by atomic mass is 16.5. The Kier molecular flexibility index (Phi) is 4.83. The Morgan fingerprint density at radius 3 is 2.59 bits per heavy atom. The SMILES string of the molecule is COCC(CCO)NC1CCC12CCCCC2. The first-order valence-electron chi connectivity index (χ1n) is 7.16. The predicted octanol–water partition coefficient (Wildman–Crippen LogP) is 2.09. The highest BCUT2D eigenvalue weighted by Gasteiger charge is 2.47. The maximum atomic E-state index is 9.07. The second-order valence-corrected chi connectivity index (χ2v) is 5.85. The fraction of sp³-hybridized carbons (Fsp3) is 1.00. The van der Waals surface area contributed by atoms with Crippen LogP contribution in [-0.4, -0.2) is 37.5 Å². The van der Waals surface area contributed by atoms with Crippen molar-refractivity contribution in [3.05, 3.63) is 0 Å². The molecule has 2 rings (SSSR count). The molecule has 3 heteroatoms. The molecule has 0 aliphatic heterocycles. The van der Waals surface area contributed by atoms with E-state index in [0.717, 1.165) is 6.42 Å². The molecule has 0 bridgehead atoms. The van der Waals surface area contributed by atoms with Gasteiger partial charge in [-0.05, 0) is 37.5 Å². The summed E-state index contributed by atoms with van der Waals surface area (Å²) in [5, 5.41) is 12.8. The van der Waals surface area contributed by atoms with Crippen molar-refractivity contribution in [3.8, 4) is 0 Å². The third-order valence-electron chi connectivity index (χ3n) is 4.80. The van der Waals surface area contributed by atoms with E-state index in [1.54, 1.807) is 7.11 Å². The molecule has 2 saturated carbocycles. The molecule has 2 unspecified atom stereocenters. The summed E-state index contributed by atoms with van der Waals surface area (Å²) in [5.41, 5.74) is 0.597. The van der Waals surface area contributed by atoms with Gasteiger partial charge in [0.1, 0.15) is 0 Å². The molecule has 0 aromatic rings. The molecular formula is C14H27NO2. The quantitative estimate of drug-likeness (QED) is 0.748. The van der Waals surface area contributed by atoms with Crippen molar-refractivity contribution in [2.75, 3.05) is 20.3 Å². The van der Waals surface area contributed by atoms with E-state index in [9.17, 15) is 0 Å². The molecule has 0 amide bonds. The van der Waals surface area contributed by atoms with Gasteiger partial charge in [-0.1, -0.05) is 19.3 Å². The van der Waals surface area contributed by atoms with Crippen LogP contribution in [0.1, 0.15) is 51.4 Å². The molecule has 2 aliphatic carbocycles. The first-order valence-corrected chi connectivity index (χ1v) is 7.16. The Hall–Kier alpha value is -0.120. The first kappa shape index (κ1) is 13.3. The summed E-state index contributed by atoms with van der Waals surface area (Å²) < 4.78 is 5.23. The summed E-state index contributed by atoms with van der Waals surface area (Å²) in [6.45, 7) is 0.966. The van der Waals surface area contributed by atoms with Crippen molar-refractivity contribution in [2.24, 2.45) is 5.41 Å². The number of nitrogens with one attached hydrogen (secondary N) is 1. The molecule has 17 heavy (non-hydrogen) atoms. The minimum Gasteiger partial charge on any atom is -0.396 e. The van der Waals surface area contributed by atoms with Crippen molar-refractivity contribution in [2.45, 2.75) is 63.5 Å². The molecule has 2 aliphatic rings. The summed E-state index contributed by atoms with van der Waals surface area (Å²) in [6.07, 6.45) is 10.6. The van der Waals surface area contributed by atoms with Crippen molar-refractivity contribution in [1.82, 2.24) is 5.32 Å². The number of rotatable bonds is 6. The summed E-state index contributed by atoms with van der Waals surface area (Å²) in [6, 6.07) is 1.00.